The number of H-pyrrole nitrogens is 1. The maximum Gasteiger partial charge on any atom is 0.103 e. The van der Waals surface area contributed by atoms with Crippen LogP contribution in [0.25, 0.3) is 0 Å². The quantitative estimate of drug-likeness (QED) is 0.823. The molecule has 0 bridgehead atoms. The van der Waals surface area contributed by atoms with E-state index in [1.165, 1.54) is 18.5 Å². The van der Waals surface area contributed by atoms with Gasteiger partial charge in [-0.25, -0.2) is 4.98 Å². The summed E-state index contributed by atoms with van der Waals surface area (Å²) >= 11 is 0. The lowest BCUT2D eigenvalue weighted by molar-refractivity contribution is 0.151. The molecule has 22 heavy (non-hydrogen) atoms. The first-order valence-corrected chi connectivity index (χ1v) is 7.95. The monoisotopic (exact) mass is 304 g/mol. The van der Waals surface area contributed by atoms with Gasteiger partial charge in [0, 0.05) is 50.7 Å². The number of rotatable bonds is 6. The van der Waals surface area contributed by atoms with Gasteiger partial charge in [0.1, 0.15) is 5.82 Å². The highest BCUT2D eigenvalue weighted by Gasteiger charge is 2.21. The molecule has 1 aliphatic rings. The van der Waals surface area contributed by atoms with Crippen LogP contribution in [0.1, 0.15) is 30.1 Å². The summed E-state index contributed by atoms with van der Waals surface area (Å²) in [4.78, 5) is 10.0. The van der Waals surface area contributed by atoms with Gasteiger partial charge in [0.2, 0.25) is 0 Å². The highest BCUT2D eigenvalue weighted by molar-refractivity contribution is 5.00. The number of imidazole rings is 1. The molecule has 7 nitrogen and oxygen atoms in total. The number of aromatic nitrogens is 5. The van der Waals surface area contributed by atoms with Crippen molar-refractivity contribution in [3.63, 3.8) is 0 Å². The Kier molecular flexibility index (Phi) is 4.84. The number of piperidine rings is 1. The van der Waals surface area contributed by atoms with E-state index >= 15 is 0 Å². The van der Waals surface area contributed by atoms with Gasteiger partial charge in [0.15, 0.2) is 0 Å². The molecule has 1 atom stereocenters. The van der Waals surface area contributed by atoms with E-state index in [-0.39, 0.29) is 6.61 Å². The summed E-state index contributed by atoms with van der Waals surface area (Å²) in [5.74, 6) is 1.57. The number of aryl methyl sites for hydroxylation is 1. The fourth-order valence-corrected chi connectivity index (χ4v) is 3.16. The van der Waals surface area contributed by atoms with E-state index in [1.54, 1.807) is 0 Å². The number of aliphatic hydroxyl groups excluding tert-OH is 1. The highest BCUT2D eigenvalue weighted by atomic mass is 16.3. The zero-order chi connectivity index (χ0) is 15.4. The summed E-state index contributed by atoms with van der Waals surface area (Å²) in [5, 5.41) is 17.2. The molecule has 3 rings (SSSR count). The van der Waals surface area contributed by atoms with Crippen molar-refractivity contribution in [3.05, 3.63) is 29.6 Å². The molecule has 2 N–H and O–H groups in total. The van der Waals surface area contributed by atoms with Gasteiger partial charge in [-0.2, -0.15) is 0 Å². The third-order valence-corrected chi connectivity index (χ3v) is 4.15. The Hall–Kier alpha value is -1.73. The zero-order valence-electron chi connectivity index (χ0n) is 13.1. The highest BCUT2D eigenvalue weighted by Crippen LogP contribution is 2.19. The largest absolute Gasteiger partial charge is 0.396 e. The molecule has 3 heterocycles. The standard InChI is InChI=1S/C15H24N6O/c1-12-16-7-15(17-12)10-20-5-2-3-13(8-20)9-21-11-14(4-6-22)18-19-21/h7,11,13,22H,2-6,8-10H2,1H3,(H,16,17). The second-order valence-corrected chi connectivity index (χ2v) is 6.14. The number of aliphatic hydroxyl groups is 1. The number of hydrogen-bond donors (Lipinski definition) is 2. The summed E-state index contributed by atoms with van der Waals surface area (Å²) in [5.41, 5.74) is 2.05. The molecule has 2 aromatic rings. The SMILES string of the molecule is Cc1ncc(CN2CCCC(Cn3cc(CCO)nn3)C2)[nH]1. The summed E-state index contributed by atoms with van der Waals surface area (Å²) < 4.78 is 1.92. The molecule has 1 fully saturated rings. The van der Waals surface area contributed by atoms with E-state index in [9.17, 15) is 0 Å². The van der Waals surface area contributed by atoms with Crippen molar-refractivity contribution in [2.45, 2.75) is 39.3 Å². The first-order chi connectivity index (χ1) is 10.7. The molecule has 2 aromatic heterocycles. The third kappa shape index (κ3) is 3.92. The second kappa shape index (κ2) is 7.02. The summed E-state index contributed by atoms with van der Waals surface area (Å²) in [6.07, 6.45) is 6.91. The van der Waals surface area contributed by atoms with Crippen LogP contribution in [0.3, 0.4) is 0 Å². The Balaban J connectivity index is 1.53. The van der Waals surface area contributed by atoms with Crippen molar-refractivity contribution in [3.8, 4) is 0 Å². The Labute approximate surface area is 130 Å². The zero-order valence-corrected chi connectivity index (χ0v) is 13.1. The van der Waals surface area contributed by atoms with Gasteiger partial charge < -0.3 is 10.1 Å². The minimum Gasteiger partial charge on any atom is -0.396 e. The number of nitrogens with zero attached hydrogens (tertiary/aromatic N) is 5. The van der Waals surface area contributed by atoms with E-state index < -0.39 is 0 Å². The average molecular weight is 304 g/mol. The average Bonchev–Trinajstić information content (AvgIpc) is 3.09. The minimum absolute atomic E-state index is 0.125. The number of hydrogen-bond acceptors (Lipinski definition) is 5. The Morgan fingerprint density at radius 2 is 2.36 bits per heavy atom. The van der Waals surface area contributed by atoms with Crippen LogP contribution in [0.5, 0.6) is 0 Å². The lowest BCUT2D eigenvalue weighted by Gasteiger charge is -2.32. The Morgan fingerprint density at radius 1 is 1.45 bits per heavy atom. The van der Waals surface area contributed by atoms with E-state index in [0.717, 1.165) is 37.7 Å². The maximum absolute atomic E-state index is 8.94. The molecule has 0 amide bonds. The van der Waals surface area contributed by atoms with Gasteiger partial charge in [-0.1, -0.05) is 5.21 Å². The summed E-state index contributed by atoms with van der Waals surface area (Å²) in [7, 11) is 0. The van der Waals surface area contributed by atoms with Crippen LogP contribution in [0.2, 0.25) is 0 Å². The number of aromatic amines is 1. The molecule has 0 spiro atoms. The van der Waals surface area contributed by atoms with Gasteiger partial charge in [0.05, 0.1) is 5.69 Å². The van der Waals surface area contributed by atoms with Crippen LogP contribution in [-0.2, 0) is 19.5 Å². The fourth-order valence-electron chi connectivity index (χ4n) is 3.16. The Bertz CT molecular complexity index is 592. The molecule has 0 aliphatic carbocycles. The van der Waals surface area contributed by atoms with E-state index in [0.29, 0.717) is 12.3 Å². The van der Waals surface area contributed by atoms with Gasteiger partial charge in [-0.3, -0.25) is 9.58 Å². The Morgan fingerprint density at radius 3 is 3.14 bits per heavy atom. The van der Waals surface area contributed by atoms with Crippen LogP contribution >= 0.6 is 0 Å². The molecule has 7 heteroatoms. The smallest absolute Gasteiger partial charge is 0.103 e. The minimum atomic E-state index is 0.125. The van der Waals surface area contributed by atoms with E-state index in [1.807, 2.05) is 24.0 Å². The first-order valence-electron chi connectivity index (χ1n) is 7.95. The van der Waals surface area contributed by atoms with Crippen molar-refractivity contribution in [1.29, 1.82) is 0 Å². The molecular formula is C15H24N6O. The van der Waals surface area contributed by atoms with Crippen LogP contribution in [0, 0.1) is 12.8 Å². The second-order valence-electron chi connectivity index (χ2n) is 6.14. The van der Waals surface area contributed by atoms with Gasteiger partial charge in [-0.15, -0.1) is 5.10 Å². The number of nitrogens with one attached hydrogen (secondary N) is 1. The topological polar surface area (TPSA) is 82.9 Å². The van der Waals surface area contributed by atoms with Crippen molar-refractivity contribution in [2.24, 2.45) is 5.92 Å². The predicted molar refractivity (Wildman–Crippen MR) is 82.1 cm³/mol. The van der Waals surface area contributed by atoms with Crippen molar-refractivity contribution >= 4 is 0 Å². The molecule has 0 radical (unpaired) electrons. The van der Waals surface area contributed by atoms with Crippen molar-refractivity contribution in [1.82, 2.24) is 29.9 Å². The van der Waals surface area contributed by atoms with Gasteiger partial charge >= 0.3 is 0 Å². The predicted octanol–water partition coefficient (Wildman–Crippen LogP) is 0.757. The number of likely N-dealkylation sites (tertiary alicyclic amines) is 1. The molecule has 0 aromatic carbocycles. The van der Waals surface area contributed by atoms with Crippen LogP contribution in [0.4, 0.5) is 0 Å². The normalized spacial score (nSPS) is 19.6. The molecule has 120 valence electrons. The van der Waals surface area contributed by atoms with Crippen LogP contribution in [-0.4, -0.2) is 54.7 Å². The molecule has 1 saturated heterocycles. The van der Waals surface area contributed by atoms with Crippen LogP contribution < -0.4 is 0 Å². The van der Waals surface area contributed by atoms with E-state index in [4.69, 9.17) is 5.11 Å². The molecule has 0 saturated carbocycles. The fraction of sp³-hybridized carbons (Fsp3) is 0.667. The molecular weight excluding hydrogens is 280 g/mol. The van der Waals surface area contributed by atoms with Crippen LogP contribution in [0.15, 0.2) is 12.4 Å². The van der Waals surface area contributed by atoms with Gasteiger partial charge in [-0.05, 0) is 32.2 Å². The van der Waals surface area contributed by atoms with E-state index in [2.05, 4.69) is 25.2 Å². The molecule has 1 unspecified atom stereocenters. The lowest BCUT2D eigenvalue weighted by Crippen LogP contribution is -2.36. The maximum atomic E-state index is 8.94. The third-order valence-electron chi connectivity index (χ3n) is 4.15. The lowest BCUT2D eigenvalue weighted by atomic mass is 9.98. The summed E-state index contributed by atoms with van der Waals surface area (Å²) in [6, 6.07) is 0. The molecule has 1 aliphatic heterocycles. The van der Waals surface area contributed by atoms with Crippen molar-refractivity contribution < 1.29 is 5.11 Å². The summed E-state index contributed by atoms with van der Waals surface area (Å²) in [6.45, 7) is 6.16. The first kappa shape index (κ1) is 15.2. The van der Waals surface area contributed by atoms with Gasteiger partial charge in [0.25, 0.3) is 0 Å². The van der Waals surface area contributed by atoms with Crippen molar-refractivity contribution in [2.75, 3.05) is 19.7 Å².